The van der Waals surface area contributed by atoms with E-state index in [4.69, 9.17) is 15.2 Å². The fourth-order valence-electron chi connectivity index (χ4n) is 8.40. The van der Waals surface area contributed by atoms with Gasteiger partial charge in [-0.2, -0.15) is 0 Å². The fraction of sp³-hybridized carbons (Fsp3) is 0.750. The molecule has 0 spiro atoms. The van der Waals surface area contributed by atoms with Crippen LogP contribution in [0, 0.1) is 40.4 Å². The van der Waals surface area contributed by atoms with Gasteiger partial charge in [0.1, 0.15) is 11.6 Å². The molecule has 194 valence electrons. The summed E-state index contributed by atoms with van der Waals surface area (Å²) in [5.74, 6) is -0.722. The van der Waals surface area contributed by atoms with Crippen LogP contribution in [0.5, 0.6) is 0 Å². The van der Waals surface area contributed by atoms with E-state index in [1.807, 2.05) is 26.8 Å². The molecule has 3 fully saturated rings. The average Bonchev–Trinajstić information content (AvgIpc) is 3.03. The van der Waals surface area contributed by atoms with Gasteiger partial charge >= 0.3 is 5.97 Å². The van der Waals surface area contributed by atoms with Gasteiger partial charge in [-0.15, -0.1) is 0 Å². The first-order valence-corrected chi connectivity index (χ1v) is 13.0. The molecule has 2 unspecified atom stereocenters. The van der Waals surface area contributed by atoms with Crippen molar-refractivity contribution in [1.82, 2.24) is 0 Å². The van der Waals surface area contributed by atoms with Crippen LogP contribution in [0.3, 0.4) is 0 Å². The van der Waals surface area contributed by atoms with Crippen LogP contribution in [0.25, 0.3) is 0 Å². The highest BCUT2D eigenvalue weighted by molar-refractivity contribution is 6.01. The molecule has 4 aliphatic carbocycles. The molecule has 0 radical (unpaired) electrons. The Morgan fingerprint density at radius 3 is 2.60 bits per heavy atom. The van der Waals surface area contributed by atoms with Crippen LogP contribution >= 0.6 is 0 Å². The summed E-state index contributed by atoms with van der Waals surface area (Å²) in [6.07, 6.45) is 7.57. The molecular formula is C28H41NO6. The number of ether oxygens (including phenoxy) is 2. The Kier molecular flexibility index (Phi) is 6.69. The van der Waals surface area contributed by atoms with E-state index in [0.29, 0.717) is 6.42 Å². The Labute approximate surface area is 208 Å². The van der Waals surface area contributed by atoms with Crippen molar-refractivity contribution in [2.24, 2.45) is 46.2 Å². The Morgan fingerprint density at radius 1 is 1.29 bits per heavy atom. The van der Waals surface area contributed by atoms with E-state index in [9.17, 15) is 19.5 Å². The molecule has 35 heavy (non-hydrogen) atoms. The molecule has 7 heteroatoms. The van der Waals surface area contributed by atoms with Crippen LogP contribution in [-0.2, 0) is 23.9 Å². The summed E-state index contributed by atoms with van der Waals surface area (Å²) in [6.45, 7) is 9.50. The van der Waals surface area contributed by atoms with Crippen molar-refractivity contribution in [2.75, 3.05) is 13.7 Å². The number of fused-ring (bicyclic) bond motifs is 5. The van der Waals surface area contributed by atoms with E-state index >= 15 is 0 Å². The maximum atomic E-state index is 13.8. The standard InChI is InChI=1S/C28H41NO6/c1-15(2)24(29)25(33)35-14-22(32)28(34-6)16(3)11-20-19-8-7-17-12-18(30)9-10-26(17,4)23(19)21(31)13-27(20,28)5/h9-10,12,15-16,19-21,23-24,31H,7-8,11,13-14,29H2,1-6H3/t16-,19+,20+,21+,23?,24?,26+,27+,28+/m1/s1. The predicted molar refractivity (Wildman–Crippen MR) is 131 cm³/mol. The Balaban J connectivity index is 1.64. The summed E-state index contributed by atoms with van der Waals surface area (Å²) in [4.78, 5) is 38.2. The molecule has 4 rings (SSSR count). The third-order valence-corrected chi connectivity index (χ3v) is 10.1. The van der Waals surface area contributed by atoms with Gasteiger partial charge in [0, 0.05) is 23.9 Å². The van der Waals surface area contributed by atoms with Crippen molar-refractivity contribution in [3.05, 3.63) is 23.8 Å². The molecule has 0 aromatic rings. The molecule has 0 bridgehead atoms. The van der Waals surface area contributed by atoms with Crippen LogP contribution < -0.4 is 5.73 Å². The second-order valence-corrected chi connectivity index (χ2v) is 12.1. The van der Waals surface area contributed by atoms with Gasteiger partial charge in [0.25, 0.3) is 0 Å². The number of methoxy groups -OCH3 is 1. The van der Waals surface area contributed by atoms with Crippen LogP contribution in [0.4, 0.5) is 0 Å². The van der Waals surface area contributed by atoms with Gasteiger partial charge in [-0.1, -0.05) is 46.3 Å². The fourth-order valence-corrected chi connectivity index (χ4v) is 8.40. The van der Waals surface area contributed by atoms with Crippen molar-refractivity contribution in [3.8, 4) is 0 Å². The Bertz CT molecular complexity index is 970. The quantitative estimate of drug-likeness (QED) is 0.553. The lowest BCUT2D eigenvalue weighted by Gasteiger charge is -2.60. The molecule has 3 saturated carbocycles. The molecule has 7 nitrogen and oxygen atoms in total. The normalized spacial score (nSPS) is 43.2. The number of aliphatic hydroxyl groups excluding tert-OH is 1. The van der Waals surface area contributed by atoms with Gasteiger partial charge < -0.3 is 20.3 Å². The van der Waals surface area contributed by atoms with E-state index in [2.05, 4.69) is 13.8 Å². The van der Waals surface area contributed by atoms with Crippen LogP contribution in [0.15, 0.2) is 23.8 Å². The second kappa shape index (κ2) is 8.93. The van der Waals surface area contributed by atoms with Crippen molar-refractivity contribution in [3.63, 3.8) is 0 Å². The number of Topliss-reactive ketones (excluding diaryl/α,β-unsaturated/α-hetero) is 1. The zero-order valence-electron chi connectivity index (χ0n) is 21.9. The van der Waals surface area contributed by atoms with Gasteiger partial charge in [0.15, 0.2) is 12.4 Å². The highest BCUT2D eigenvalue weighted by Gasteiger charge is 2.71. The van der Waals surface area contributed by atoms with E-state index in [1.54, 1.807) is 19.3 Å². The lowest BCUT2D eigenvalue weighted by Crippen LogP contribution is -2.63. The minimum atomic E-state index is -1.17. The summed E-state index contributed by atoms with van der Waals surface area (Å²) in [7, 11) is 1.56. The number of hydrogen-bond acceptors (Lipinski definition) is 7. The highest BCUT2D eigenvalue weighted by Crippen LogP contribution is 2.69. The van der Waals surface area contributed by atoms with Crippen molar-refractivity contribution >= 4 is 17.5 Å². The predicted octanol–water partition coefficient (Wildman–Crippen LogP) is 2.99. The molecule has 0 amide bonds. The van der Waals surface area contributed by atoms with Crippen LogP contribution in [-0.4, -0.2) is 54.1 Å². The van der Waals surface area contributed by atoms with E-state index in [1.165, 1.54) is 0 Å². The first-order chi connectivity index (χ1) is 16.3. The van der Waals surface area contributed by atoms with E-state index in [-0.39, 0.29) is 53.2 Å². The smallest absolute Gasteiger partial charge is 0.323 e. The van der Waals surface area contributed by atoms with Gasteiger partial charge in [-0.25, -0.2) is 0 Å². The molecular weight excluding hydrogens is 446 g/mol. The van der Waals surface area contributed by atoms with Crippen molar-refractivity contribution < 1.29 is 29.0 Å². The number of allylic oxidation sites excluding steroid dienone is 4. The molecule has 0 aliphatic heterocycles. The first-order valence-electron chi connectivity index (χ1n) is 13.0. The monoisotopic (exact) mass is 487 g/mol. The molecule has 0 heterocycles. The molecule has 3 N–H and O–H groups in total. The maximum Gasteiger partial charge on any atom is 0.323 e. The minimum Gasteiger partial charge on any atom is -0.456 e. The number of carbonyl (C=O) groups is 3. The average molecular weight is 488 g/mol. The summed E-state index contributed by atoms with van der Waals surface area (Å²) in [5.41, 5.74) is 4.86. The minimum absolute atomic E-state index is 0.0104. The Hall–Kier alpha value is -1.83. The third-order valence-electron chi connectivity index (χ3n) is 10.1. The van der Waals surface area contributed by atoms with Gasteiger partial charge in [-0.05, 0) is 61.5 Å². The van der Waals surface area contributed by atoms with Crippen LogP contribution in [0.2, 0.25) is 0 Å². The SMILES string of the molecule is CO[C@]1(C(=O)COC(=O)C(N)C(C)C)[C@H](C)C[C@H]2[C@@H]3CCC4=CC(=O)C=C[C@]4(C)C3[C@@H](O)C[C@@]21C. The van der Waals surface area contributed by atoms with E-state index in [0.717, 1.165) is 24.8 Å². The maximum absolute atomic E-state index is 13.8. The van der Waals surface area contributed by atoms with Crippen molar-refractivity contribution in [2.45, 2.75) is 78.0 Å². The van der Waals surface area contributed by atoms with Gasteiger partial charge in [0.2, 0.25) is 5.78 Å². The first kappa shape index (κ1) is 26.2. The summed E-state index contributed by atoms with van der Waals surface area (Å²) in [6, 6.07) is -0.788. The van der Waals surface area contributed by atoms with Crippen molar-refractivity contribution in [1.29, 1.82) is 0 Å². The number of aliphatic hydroxyl groups is 1. The molecule has 4 aliphatic rings. The zero-order chi connectivity index (χ0) is 25.9. The zero-order valence-corrected chi connectivity index (χ0v) is 21.9. The number of hydrogen-bond donors (Lipinski definition) is 2. The molecule has 0 aromatic carbocycles. The highest BCUT2D eigenvalue weighted by atomic mass is 16.5. The van der Waals surface area contributed by atoms with Crippen LogP contribution in [0.1, 0.15) is 60.3 Å². The number of carbonyl (C=O) groups excluding carboxylic acids is 3. The topological polar surface area (TPSA) is 116 Å². The Morgan fingerprint density at radius 2 is 1.97 bits per heavy atom. The lowest BCUT2D eigenvalue weighted by atomic mass is 9.46. The summed E-state index contributed by atoms with van der Waals surface area (Å²) in [5, 5.41) is 11.6. The molecule has 0 saturated heterocycles. The number of ketones is 2. The lowest BCUT2D eigenvalue weighted by molar-refractivity contribution is -0.194. The molecule has 0 aromatic heterocycles. The molecule has 9 atom stereocenters. The number of esters is 1. The van der Waals surface area contributed by atoms with E-state index < -0.39 is 29.1 Å². The summed E-state index contributed by atoms with van der Waals surface area (Å²) < 4.78 is 11.5. The van der Waals surface area contributed by atoms with Gasteiger partial charge in [-0.3, -0.25) is 14.4 Å². The summed E-state index contributed by atoms with van der Waals surface area (Å²) >= 11 is 0. The number of nitrogens with two attached hydrogens (primary N) is 1. The van der Waals surface area contributed by atoms with Gasteiger partial charge in [0.05, 0.1) is 6.10 Å². The third kappa shape index (κ3) is 3.68. The largest absolute Gasteiger partial charge is 0.456 e. The number of rotatable bonds is 6. The second-order valence-electron chi connectivity index (χ2n) is 12.1.